The molecule has 11 nitrogen and oxygen atoms in total. The highest BCUT2D eigenvalue weighted by Gasteiger charge is 2.30. The molecule has 1 atom stereocenters. The van der Waals surface area contributed by atoms with Gasteiger partial charge in [-0.15, -0.1) is 0 Å². The zero-order valence-electron chi connectivity index (χ0n) is 18.4. The number of hydrogen-bond acceptors (Lipinski definition) is 6. The third-order valence-electron chi connectivity index (χ3n) is 6.37. The van der Waals surface area contributed by atoms with Crippen LogP contribution in [0.4, 0.5) is 0 Å². The summed E-state index contributed by atoms with van der Waals surface area (Å²) in [6, 6.07) is 5.99. The maximum atomic E-state index is 13.3. The number of nitrogens with zero attached hydrogens (tertiary/aromatic N) is 4. The van der Waals surface area contributed by atoms with E-state index in [0.29, 0.717) is 37.1 Å². The van der Waals surface area contributed by atoms with Crippen LogP contribution in [0.15, 0.2) is 30.5 Å². The van der Waals surface area contributed by atoms with Crippen LogP contribution in [-0.4, -0.2) is 67.9 Å². The number of nitrogens with one attached hydrogen (secondary N) is 2. The second kappa shape index (κ2) is 8.25. The van der Waals surface area contributed by atoms with Crippen molar-refractivity contribution in [3.63, 3.8) is 0 Å². The lowest BCUT2D eigenvalue weighted by Crippen LogP contribution is -2.50. The highest BCUT2D eigenvalue weighted by molar-refractivity contribution is 6.00. The van der Waals surface area contributed by atoms with E-state index in [1.807, 2.05) is 0 Å². The third-order valence-corrected chi connectivity index (χ3v) is 6.37. The van der Waals surface area contributed by atoms with Crippen molar-refractivity contribution >= 4 is 29.3 Å². The number of carbonyl (C=O) groups excluding carboxylic acids is 3. The normalized spacial score (nSPS) is 17.4. The van der Waals surface area contributed by atoms with Crippen molar-refractivity contribution in [2.45, 2.75) is 25.8 Å². The van der Waals surface area contributed by atoms with Gasteiger partial charge in [-0.2, -0.15) is 5.10 Å². The second-order valence-corrected chi connectivity index (χ2v) is 8.38. The van der Waals surface area contributed by atoms with Crippen LogP contribution in [0.2, 0.25) is 0 Å². The molecule has 1 aliphatic carbocycles. The van der Waals surface area contributed by atoms with Gasteiger partial charge in [-0.05, 0) is 42.5 Å². The Morgan fingerprint density at radius 3 is 2.82 bits per heavy atom. The van der Waals surface area contributed by atoms with Gasteiger partial charge in [0.2, 0.25) is 5.91 Å². The number of amides is 3. The Labute approximate surface area is 193 Å². The van der Waals surface area contributed by atoms with E-state index >= 15 is 0 Å². The Hall–Kier alpha value is -4.28. The highest BCUT2D eigenvalue weighted by Crippen LogP contribution is 2.35. The highest BCUT2D eigenvalue weighted by atomic mass is 16.4. The summed E-state index contributed by atoms with van der Waals surface area (Å²) in [4.78, 5) is 55.2. The predicted molar refractivity (Wildman–Crippen MR) is 119 cm³/mol. The summed E-state index contributed by atoms with van der Waals surface area (Å²) in [7, 11) is 0. The minimum Gasteiger partial charge on any atom is -0.478 e. The van der Waals surface area contributed by atoms with Crippen LogP contribution in [-0.2, 0) is 11.2 Å². The molecule has 1 saturated heterocycles. The smallest absolute Gasteiger partial charge is 0.335 e. The zero-order valence-corrected chi connectivity index (χ0v) is 18.4. The average molecular weight is 462 g/mol. The number of carboxylic acid groups (broad SMARTS) is 1. The fourth-order valence-corrected chi connectivity index (χ4v) is 4.65. The van der Waals surface area contributed by atoms with E-state index in [0.717, 1.165) is 11.1 Å². The average Bonchev–Trinajstić information content (AvgIpc) is 3.45. The van der Waals surface area contributed by atoms with Crippen molar-refractivity contribution in [1.29, 1.82) is 0 Å². The van der Waals surface area contributed by atoms with Gasteiger partial charge in [0.25, 0.3) is 11.8 Å². The molecule has 0 bridgehead atoms. The van der Waals surface area contributed by atoms with Gasteiger partial charge < -0.3 is 20.6 Å². The standard InChI is InChI=1S/C23H22N6O5/c1-12-13-4-5-16(15(13)3-2-14(12)23(33)34)27-21(31)18-10-17(26-19-6-7-25-29(18)19)22(32)28-9-8-24-20(30)11-28/h2-3,6-7,10,16H,4-5,8-9,11H2,1H3,(H,24,30)(H,27,31)(H,33,34)/t16-/m0/s1. The predicted octanol–water partition coefficient (Wildman–Crippen LogP) is 0.725. The monoisotopic (exact) mass is 462 g/mol. The summed E-state index contributed by atoms with van der Waals surface area (Å²) in [5.74, 6) is -2.09. The van der Waals surface area contributed by atoms with E-state index in [1.165, 1.54) is 21.7 Å². The van der Waals surface area contributed by atoms with Gasteiger partial charge in [0, 0.05) is 25.2 Å². The maximum absolute atomic E-state index is 13.3. The molecule has 3 aromatic rings. The lowest BCUT2D eigenvalue weighted by Gasteiger charge is -2.26. The van der Waals surface area contributed by atoms with Gasteiger partial charge in [-0.3, -0.25) is 14.4 Å². The molecule has 3 heterocycles. The number of aromatic carboxylic acids is 1. The number of fused-ring (bicyclic) bond motifs is 2. The largest absolute Gasteiger partial charge is 0.478 e. The second-order valence-electron chi connectivity index (χ2n) is 8.38. The van der Waals surface area contributed by atoms with E-state index < -0.39 is 17.8 Å². The summed E-state index contributed by atoms with van der Waals surface area (Å²) in [6.45, 7) is 2.43. The molecule has 1 aliphatic heterocycles. The Morgan fingerprint density at radius 1 is 1.24 bits per heavy atom. The van der Waals surface area contributed by atoms with Crippen molar-refractivity contribution in [3.8, 4) is 0 Å². The van der Waals surface area contributed by atoms with Crippen LogP contribution in [0.1, 0.15) is 60.5 Å². The number of carboxylic acids is 1. The van der Waals surface area contributed by atoms with Gasteiger partial charge in [0.15, 0.2) is 5.65 Å². The van der Waals surface area contributed by atoms with E-state index in [9.17, 15) is 24.3 Å². The molecule has 0 saturated carbocycles. The Kier molecular flexibility index (Phi) is 5.23. The summed E-state index contributed by atoms with van der Waals surface area (Å²) in [5.41, 5.74) is 3.33. The van der Waals surface area contributed by atoms with Crippen molar-refractivity contribution in [1.82, 2.24) is 30.1 Å². The first-order valence-electron chi connectivity index (χ1n) is 10.9. The first-order valence-corrected chi connectivity index (χ1v) is 10.9. The molecule has 11 heteroatoms. The van der Waals surface area contributed by atoms with Gasteiger partial charge in [0.05, 0.1) is 24.3 Å². The Bertz CT molecular complexity index is 1360. The number of piperazine rings is 1. The fourth-order valence-electron chi connectivity index (χ4n) is 4.65. The molecule has 1 aromatic carbocycles. The summed E-state index contributed by atoms with van der Waals surface area (Å²) in [6.07, 6.45) is 2.78. The molecule has 0 unspecified atom stereocenters. The minimum atomic E-state index is -0.978. The molecule has 0 spiro atoms. The van der Waals surface area contributed by atoms with E-state index in [-0.39, 0.29) is 35.4 Å². The van der Waals surface area contributed by atoms with Gasteiger partial charge in [0.1, 0.15) is 11.4 Å². The summed E-state index contributed by atoms with van der Waals surface area (Å²) < 4.78 is 1.36. The molecule has 2 aromatic heterocycles. The minimum absolute atomic E-state index is 0.0571. The van der Waals surface area contributed by atoms with Gasteiger partial charge in [-0.1, -0.05) is 6.07 Å². The first-order chi connectivity index (χ1) is 16.3. The van der Waals surface area contributed by atoms with Crippen molar-refractivity contribution < 1.29 is 24.3 Å². The Morgan fingerprint density at radius 2 is 2.06 bits per heavy atom. The van der Waals surface area contributed by atoms with Crippen molar-refractivity contribution in [2.24, 2.45) is 0 Å². The van der Waals surface area contributed by atoms with Crippen LogP contribution in [0.3, 0.4) is 0 Å². The maximum Gasteiger partial charge on any atom is 0.335 e. The summed E-state index contributed by atoms with van der Waals surface area (Å²) >= 11 is 0. The van der Waals surface area contributed by atoms with E-state index in [4.69, 9.17) is 0 Å². The molecule has 3 amide bonds. The molecule has 34 heavy (non-hydrogen) atoms. The van der Waals surface area contributed by atoms with E-state index in [1.54, 1.807) is 25.1 Å². The number of hydrogen-bond donors (Lipinski definition) is 3. The third kappa shape index (κ3) is 3.64. The number of rotatable bonds is 4. The number of carbonyl (C=O) groups is 4. The molecule has 5 rings (SSSR count). The quantitative estimate of drug-likeness (QED) is 0.518. The fraction of sp³-hybridized carbons (Fsp3) is 0.304. The SMILES string of the molecule is Cc1c(C(=O)O)ccc2c1CC[C@@H]2NC(=O)c1cc(C(=O)N2CCNC(=O)C2)nc2ccnn12. The molecule has 2 aliphatic rings. The molecule has 0 radical (unpaired) electrons. The number of aromatic nitrogens is 3. The van der Waals surface area contributed by atoms with Crippen LogP contribution in [0.25, 0.3) is 5.65 Å². The van der Waals surface area contributed by atoms with Crippen LogP contribution in [0, 0.1) is 6.92 Å². The van der Waals surface area contributed by atoms with Crippen LogP contribution < -0.4 is 10.6 Å². The molecular formula is C23H22N6O5. The number of benzene rings is 1. The zero-order chi connectivity index (χ0) is 24.0. The lowest BCUT2D eigenvalue weighted by molar-refractivity contribution is -0.123. The Balaban J connectivity index is 1.44. The van der Waals surface area contributed by atoms with Crippen LogP contribution >= 0.6 is 0 Å². The van der Waals surface area contributed by atoms with Crippen molar-refractivity contribution in [3.05, 3.63) is 64.1 Å². The molecular weight excluding hydrogens is 440 g/mol. The van der Waals surface area contributed by atoms with Crippen LogP contribution in [0.5, 0.6) is 0 Å². The summed E-state index contributed by atoms with van der Waals surface area (Å²) in [5, 5.41) is 19.2. The van der Waals surface area contributed by atoms with Crippen molar-refractivity contribution in [2.75, 3.05) is 19.6 Å². The molecule has 3 N–H and O–H groups in total. The molecule has 174 valence electrons. The van der Waals surface area contributed by atoms with Gasteiger partial charge >= 0.3 is 5.97 Å². The lowest BCUT2D eigenvalue weighted by atomic mass is 9.98. The topological polar surface area (TPSA) is 146 Å². The van der Waals surface area contributed by atoms with E-state index in [2.05, 4.69) is 20.7 Å². The first kappa shape index (κ1) is 21.6. The molecule has 1 fully saturated rings. The van der Waals surface area contributed by atoms with Gasteiger partial charge in [-0.25, -0.2) is 14.3 Å².